The maximum Gasteiger partial charge on any atom is 0.251 e. The third-order valence-electron chi connectivity index (χ3n) is 2.06. The Hall–Kier alpha value is -1.39. The molecule has 1 amide bonds. The van der Waals surface area contributed by atoms with E-state index in [-0.39, 0.29) is 5.91 Å². The number of hydrogen-bond donors (Lipinski definition) is 2. The van der Waals surface area contributed by atoms with Crippen LogP contribution in [-0.2, 0) is 4.74 Å². The lowest BCUT2D eigenvalue weighted by Crippen LogP contribution is -2.28. The second-order valence-electron chi connectivity index (χ2n) is 3.34. The Morgan fingerprint density at radius 1 is 1.19 bits per heavy atom. The van der Waals surface area contributed by atoms with Crippen LogP contribution in [0, 0.1) is 0 Å². The zero-order chi connectivity index (χ0) is 11.6. The van der Waals surface area contributed by atoms with E-state index in [4.69, 9.17) is 4.74 Å². The van der Waals surface area contributed by atoms with Crippen molar-refractivity contribution in [3.8, 4) is 0 Å². The highest BCUT2D eigenvalue weighted by molar-refractivity contribution is 5.94. The fraction of sp³-hybridized carbons (Fsp3) is 0.417. The van der Waals surface area contributed by atoms with E-state index in [2.05, 4.69) is 10.6 Å². The molecule has 16 heavy (non-hydrogen) atoms. The number of nitrogens with one attached hydrogen (secondary N) is 2. The van der Waals surface area contributed by atoms with Gasteiger partial charge in [-0.25, -0.2) is 0 Å². The van der Waals surface area contributed by atoms with Gasteiger partial charge >= 0.3 is 0 Å². The molecule has 2 N–H and O–H groups in total. The monoisotopic (exact) mass is 222 g/mol. The first kappa shape index (κ1) is 12.7. The minimum Gasteiger partial charge on any atom is -0.378 e. The van der Waals surface area contributed by atoms with Crippen LogP contribution in [0.4, 0.5) is 0 Å². The van der Waals surface area contributed by atoms with Gasteiger partial charge in [-0.15, -0.1) is 0 Å². The lowest BCUT2D eigenvalue weighted by Gasteiger charge is -2.06. The fourth-order valence-electron chi connectivity index (χ4n) is 1.20. The Labute approximate surface area is 96.0 Å². The molecule has 1 rings (SSSR count). The first-order valence-electron chi connectivity index (χ1n) is 5.40. The summed E-state index contributed by atoms with van der Waals surface area (Å²) in [7, 11) is 1.88. The van der Waals surface area contributed by atoms with Crippen LogP contribution in [0.2, 0.25) is 0 Å². The molecule has 0 radical (unpaired) electrons. The normalized spacial score (nSPS) is 10.1. The van der Waals surface area contributed by atoms with Crippen molar-refractivity contribution >= 4 is 5.91 Å². The van der Waals surface area contributed by atoms with Crippen LogP contribution in [-0.4, -0.2) is 39.3 Å². The maximum absolute atomic E-state index is 11.6. The lowest BCUT2D eigenvalue weighted by molar-refractivity contribution is 0.0917. The van der Waals surface area contributed by atoms with E-state index >= 15 is 0 Å². The average molecular weight is 222 g/mol. The molecule has 0 aromatic heterocycles. The third-order valence-corrected chi connectivity index (χ3v) is 2.06. The van der Waals surface area contributed by atoms with Crippen LogP contribution >= 0.6 is 0 Å². The van der Waals surface area contributed by atoms with Gasteiger partial charge in [0.15, 0.2) is 0 Å². The number of hydrogen-bond acceptors (Lipinski definition) is 3. The number of likely N-dealkylation sites (N-methyl/N-ethyl adjacent to an activating group) is 1. The molecule has 4 nitrogen and oxygen atoms in total. The van der Waals surface area contributed by atoms with Gasteiger partial charge in [0.05, 0.1) is 13.2 Å². The topological polar surface area (TPSA) is 50.4 Å². The van der Waals surface area contributed by atoms with Crippen LogP contribution in [0.5, 0.6) is 0 Å². The Bertz CT molecular complexity index is 301. The molecule has 0 spiro atoms. The van der Waals surface area contributed by atoms with E-state index in [0.29, 0.717) is 25.3 Å². The highest BCUT2D eigenvalue weighted by Crippen LogP contribution is 1.97. The Morgan fingerprint density at radius 3 is 2.56 bits per heavy atom. The van der Waals surface area contributed by atoms with Crippen LogP contribution < -0.4 is 10.6 Å². The molecule has 0 aliphatic carbocycles. The summed E-state index contributed by atoms with van der Waals surface area (Å²) in [6, 6.07) is 9.16. The summed E-state index contributed by atoms with van der Waals surface area (Å²) in [6.07, 6.45) is 0. The molecule has 88 valence electrons. The van der Waals surface area contributed by atoms with Gasteiger partial charge in [0.1, 0.15) is 0 Å². The molecule has 0 unspecified atom stereocenters. The molecule has 0 bridgehead atoms. The van der Waals surface area contributed by atoms with Gasteiger partial charge in [-0.3, -0.25) is 4.79 Å². The number of rotatable bonds is 7. The van der Waals surface area contributed by atoms with Crippen molar-refractivity contribution in [2.24, 2.45) is 0 Å². The molecule has 1 aromatic rings. The second kappa shape index (κ2) is 7.84. The Morgan fingerprint density at radius 2 is 1.88 bits per heavy atom. The first-order chi connectivity index (χ1) is 7.84. The number of benzene rings is 1. The number of carbonyl (C=O) groups excluding carboxylic acids is 1. The van der Waals surface area contributed by atoms with Crippen LogP contribution in [0.3, 0.4) is 0 Å². The Balaban J connectivity index is 2.12. The predicted octanol–water partition coefficient (Wildman–Crippen LogP) is 0.652. The molecule has 4 heteroatoms. The molecule has 0 saturated heterocycles. The van der Waals surface area contributed by atoms with Gasteiger partial charge < -0.3 is 15.4 Å². The molecule has 0 fully saturated rings. The molecule has 0 heterocycles. The van der Waals surface area contributed by atoms with Crippen molar-refractivity contribution in [2.75, 3.05) is 33.4 Å². The van der Waals surface area contributed by atoms with E-state index in [9.17, 15) is 4.79 Å². The van der Waals surface area contributed by atoms with Gasteiger partial charge in [0.2, 0.25) is 0 Å². The van der Waals surface area contributed by atoms with E-state index < -0.39 is 0 Å². The minimum absolute atomic E-state index is 0.0576. The predicted molar refractivity (Wildman–Crippen MR) is 63.5 cm³/mol. The van der Waals surface area contributed by atoms with Gasteiger partial charge in [-0.05, 0) is 19.2 Å². The smallest absolute Gasteiger partial charge is 0.251 e. The van der Waals surface area contributed by atoms with E-state index in [0.717, 1.165) is 6.54 Å². The summed E-state index contributed by atoms with van der Waals surface area (Å²) in [5.41, 5.74) is 0.678. The SMILES string of the molecule is CNCCOCCNC(=O)c1ccccc1. The molecule has 0 saturated carbocycles. The van der Waals surface area contributed by atoms with E-state index in [1.165, 1.54) is 0 Å². The minimum atomic E-state index is -0.0576. The molecular weight excluding hydrogens is 204 g/mol. The van der Waals surface area contributed by atoms with Crippen molar-refractivity contribution in [2.45, 2.75) is 0 Å². The van der Waals surface area contributed by atoms with Crippen LogP contribution in [0.15, 0.2) is 30.3 Å². The largest absolute Gasteiger partial charge is 0.378 e. The molecule has 0 aliphatic heterocycles. The lowest BCUT2D eigenvalue weighted by atomic mass is 10.2. The quantitative estimate of drug-likeness (QED) is 0.666. The second-order valence-corrected chi connectivity index (χ2v) is 3.34. The highest BCUT2D eigenvalue weighted by Gasteiger charge is 2.02. The van der Waals surface area contributed by atoms with Crippen molar-refractivity contribution in [1.29, 1.82) is 0 Å². The average Bonchev–Trinajstić information content (AvgIpc) is 2.34. The summed E-state index contributed by atoms with van der Waals surface area (Å²) in [5.74, 6) is -0.0576. The van der Waals surface area contributed by atoms with E-state index in [1.54, 1.807) is 12.1 Å². The van der Waals surface area contributed by atoms with Gasteiger partial charge in [0, 0.05) is 18.7 Å². The highest BCUT2D eigenvalue weighted by atomic mass is 16.5. The molecule has 0 aliphatic rings. The van der Waals surface area contributed by atoms with Crippen molar-refractivity contribution in [3.05, 3.63) is 35.9 Å². The molecule has 0 atom stereocenters. The summed E-state index contributed by atoms with van der Waals surface area (Å²) in [6.45, 7) is 2.57. The van der Waals surface area contributed by atoms with Crippen LogP contribution in [0.25, 0.3) is 0 Å². The molecular formula is C12H18N2O2. The van der Waals surface area contributed by atoms with Gasteiger partial charge in [-0.2, -0.15) is 0 Å². The standard InChI is InChI=1S/C12H18N2O2/c1-13-7-9-16-10-8-14-12(15)11-5-3-2-4-6-11/h2-6,13H,7-10H2,1H3,(H,14,15). The van der Waals surface area contributed by atoms with Crippen LogP contribution in [0.1, 0.15) is 10.4 Å². The third kappa shape index (κ3) is 4.91. The summed E-state index contributed by atoms with van der Waals surface area (Å²) in [5, 5.41) is 5.77. The number of amides is 1. The first-order valence-corrected chi connectivity index (χ1v) is 5.40. The van der Waals surface area contributed by atoms with Crippen molar-refractivity contribution in [1.82, 2.24) is 10.6 Å². The zero-order valence-electron chi connectivity index (χ0n) is 9.53. The van der Waals surface area contributed by atoms with E-state index in [1.807, 2.05) is 25.2 Å². The van der Waals surface area contributed by atoms with Gasteiger partial charge in [0.25, 0.3) is 5.91 Å². The van der Waals surface area contributed by atoms with Gasteiger partial charge in [-0.1, -0.05) is 18.2 Å². The maximum atomic E-state index is 11.6. The number of ether oxygens (including phenoxy) is 1. The molecule has 1 aromatic carbocycles. The summed E-state index contributed by atoms with van der Waals surface area (Å²) < 4.78 is 5.28. The Kier molecular flexibility index (Phi) is 6.22. The summed E-state index contributed by atoms with van der Waals surface area (Å²) >= 11 is 0. The summed E-state index contributed by atoms with van der Waals surface area (Å²) in [4.78, 5) is 11.6. The van der Waals surface area contributed by atoms with Crippen molar-refractivity contribution in [3.63, 3.8) is 0 Å². The van der Waals surface area contributed by atoms with Crippen molar-refractivity contribution < 1.29 is 9.53 Å². The fourth-order valence-corrected chi connectivity index (χ4v) is 1.20. The zero-order valence-corrected chi connectivity index (χ0v) is 9.53. The number of carbonyl (C=O) groups is 1.